The Bertz CT molecular complexity index is 976. The smallest absolute Gasteiger partial charge is 0.277 e. The van der Waals surface area contributed by atoms with Crippen LogP contribution in [0.4, 0.5) is 5.69 Å². The largest absolute Gasteiger partial charge is 0.495 e. The average molecular weight is 415 g/mol. The lowest BCUT2D eigenvalue weighted by Gasteiger charge is -2.09. The van der Waals surface area contributed by atoms with Gasteiger partial charge in [0.1, 0.15) is 5.75 Å². The maximum absolute atomic E-state index is 12.2. The van der Waals surface area contributed by atoms with Crippen LogP contribution in [0.3, 0.4) is 0 Å². The van der Waals surface area contributed by atoms with Crippen LogP contribution >= 0.6 is 11.8 Å². The molecule has 0 saturated carbocycles. The number of amides is 1. The zero-order chi connectivity index (χ0) is 20.6. The van der Waals surface area contributed by atoms with Crippen LogP contribution in [0.5, 0.6) is 17.2 Å². The summed E-state index contributed by atoms with van der Waals surface area (Å²) >= 11 is 1.17. The number of anilines is 1. The maximum atomic E-state index is 12.2. The van der Waals surface area contributed by atoms with Crippen molar-refractivity contribution >= 4 is 23.4 Å². The molecule has 1 heterocycles. The molecule has 0 aliphatic rings. The summed E-state index contributed by atoms with van der Waals surface area (Å²) in [5.41, 5.74) is 1.55. The molecular weight excluding hydrogens is 394 g/mol. The number of methoxy groups -OCH3 is 3. The van der Waals surface area contributed by atoms with Crippen LogP contribution in [0.2, 0.25) is 0 Å². The number of ether oxygens (including phenoxy) is 3. The summed E-state index contributed by atoms with van der Waals surface area (Å²) in [6, 6.07) is 12.8. The second-order valence-corrected chi connectivity index (χ2v) is 6.79. The van der Waals surface area contributed by atoms with Gasteiger partial charge >= 0.3 is 0 Å². The van der Waals surface area contributed by atoms with Crippen molar-refractivity contribution in [2.45, 2.75) is 11.6 Å². The molecule has 0 spiro atoms. The number of nitrogens with one attached hydrogen (secondary N) is 1. The van der Waals surface area contributed by atoms with Gasteiger partial charge in [0, 0.05) is 0 Å². The van der Waals surface area contributed by atoms with Crippen molar-refractivity contribution in [1.29, 1.82) is 0 Å². The molecule has 9 heteroatoms. The van der Waals surface area contributed by atoms with Gasteiger partial charge in [-0.05, 0) is 29.8 Å². The zero-order valence-electron chi connectivity index (χ0n) is 16.3. The molecule has 8 nitrogen and oxygen atoms in total. The maximum Gasteiger partial charge on any atom is 0.277 e. The molecule has 0 bridgehead atoms. The fraction of sp³-hybridized carbons (Fsp3) is 0.250. The Kier molecular flexibility index (Phi) is 6.96. The molecule has 0 saturated heterocycles. The Balaban J connectivity index is 1.56. The van der Waals surface area contributed by atoms with Gasteiger partial charge in [-0.25, -0.2) is 0 Å². The highest BCUT2D eigenvalue weighted by Crippen LogP contribution is 2.29. The van der Waals surface area contributed by atoms with Crippen LogP contribution in [-0.4, -0.2) is 43.2 Å². The van der Waals surface area contributed by atoms with Crippen LogP contribution in [0, 0.1) is 0 Å². The third-order valence-corrected chi connectivity index (χ3v) is 4.78. The quantitative estimate of drug-likeness (QED) is 0.531. The molecule has 1 N–H and O–H groups in total. The Morgan fingerprint density at radius 1 is 1.00 bits per heavy atom. The van der Waals surface area contributed by atoms with Crippen LogP contribution < -0.4 is 19.5 Å². The Hall–Kier alpha value is -3.20. The minimum Gasteiger partial charge on any atom is -0.495 e. The highest BCUT2D eigenvalue weighted by molar-refractivity contribution is 7.99. The van der Waals surface area contributed by atoms with Crippen LogP contribution in [0.25, 0.3) is 0 Å². The molecule has 0 radical (unpaired) electrons. The van der Waals surface area contributed by atoms with Crippen molar-refractivity contribution < 1.29 is 23.4 Å². The molecule has 1 amide bonds. The number of nitrogens with zero attached hydrogens (tertiary/aromatic N) is 2. The van der Waals surface area contributed by atoms with E-state index in [0.717, 1.165) is 5.56 Å². The normalized spacial score (nSPS) is 10.4. The Labute approximate surface area is 172 Å². The summed E-state index contributed by atoms with van der Waals surface area (Å²) in [4.78, 5) is 12.2. The summed E-state index contributed by atoms with van der Waals surface area (Å²) < 4.78 is 21.4. The molecular formula is C20H21N3O5S. The fourth-order valence-corrected chi connectivity index (χ4v) is 3.18. The van der Waals surface area contributed by atoms with Crippen LogP contribution in [0.1, 0.15) is 11.5 Å². The van der Waals surface area contributed by atoms with Gasteiger partial charge in [0.05, 0.1) is 39.2 Å². The molecule has 1 aromatic heterocycles. The number of carbonyl (C=O) groups is 1. The lowest BCUT2D eigenvalue weighted by Crippen LogP contribution is -2.14. The number of hydrogen-bond acceptors (Lipinski definition) is 8. The molecule has 0 atom stereocenters. The van der Waals surface area contributed by atoms with E-state index in [2.05, 4.69) is 15.5 Å². The number of benzene rings is 2. The second-order valence-electron chi connectivity index (χ2n) is 5.86. The predicted octanol–water partition coefficient (Wildman–Crippen LogP) is 3.42. The molecule has 0 aliphatic heterocycles. The molecule has 2 aromatic carbocycles. The number of para-hydroxylation sites is 2. The number of carbonyl (C=O) groups excluding carboxylic acids is 1. The zero-order valence-corrected chi connectivity index (χ0v) is 17.1. The Morgan fingerprint density at radius 3 is 2.52 bits per heavy atom. The number of aromatic nitrogens is 2. The number of hydrogen-bond donors (Lipinski definition) is 1. The van der Waals surface area contributed by atoms with Crippen LogP contribution in [0.15, 0.2) is 52.1 Å². The summed E-state index contributed by atoms with van der Waals surface area (Å²) in [7, 11) is 4.72. The van der Waals surface area contributed by atoms with Gasteiger partial charge in [-0.2, -0.15) is 0 Å². The van der Waals surface area contributed by atoms with Gasteiger partial charge in [0.15, 0.2) is 11.5 Å². The van der Waals surface area contributed by atoms with Crippen LogP contribution in [-0.2, 0) is 11.2 Å². The highest BCUT2D eigenvalue weighted by atomic mass is 32.2. The average Bonchev–Trinajstić information content (AvgIpc) is 3.19. The van der Waals surface area contributed by atoms with Gasteiger partial charge in [-0.15, -0.1) is 10.2 Å². The minimum atomic E-state index is -0.195. The van der Waals surface area contributed by atoms with Crippen molar-refractivity contribution in [3.63, 3.8) is 0 Å². The molecule has 3 aromatic rings. The first-order chi connectivity index (χ1) is 14.1. The van der Waals surface area contributed by atoms with Crippen molar-refractivity contribution in [2.24, 2.45) is 0 Å². The second kappa shape index (κ2) is 9.83. The third kappa shape index (κ3) is 5.41. The van der Waals surface area contributed by atoms with E-state index in [1.807, 2.05) is 30.3 Å². The Morgan fingerprint density at radius 2 is 1.76 bits per heavy atom. The first-order valence-electron chi connectivity index (χ1n) is 8.72. The summed E-state index contributed by atoms with van der Waals surface area (Å²) in [5, 5.41) is 11.2. The summed E-state index contributed by atoms with van der Waals surface area (Å²) in [5.74, 6) is 2.27. The SMILES string of the molecule is COc1ccccc1NC(=O)CSc1nnc(Cc2ccc(OC)c(OC)c2)o1. The molecule has 0 fully saturated rings. The molecule has 0 unspecified atom stereocenters. The standard InChI is InChI=1S/C20H21N3O5S/c1-25-15-7-5-4-6-14(15)21-18(24)12-29-20-23-22-19(28-20)11-13-8-9-16(26-2)17(10-13)27-3/h4-10H,11-12H2,1-3H3,(H,21,24). The monoisotopic (exact) mass is 415 g/mol. The van der Waals surface area contributed by atoms with E-state index in [1.165, 1.54) is 11.8 Å². The summed E-state index contributed by atoms with van der Waals surface area (Å²) in [6.45, 7) is 0. The van der Waals surface area contributed by atoms with E-state index >= 15 is 0 Å². The summed E-state index contributed by atoms with van der Waals surface area (Å²) in [6.07, 6.45) is 0.446. The molecule has 3 rings (SSSR count). The highest BCUT2D eigenvalue weighted by Gasteiger charge is 2.13. The topological polar surface area (TPSA) is 95.7 Å². The first-order valence-corrected chi connectivity index (χ1v) is 9.70. The lowest BCUT2D eigenvalue weighted by molar-refractivity contribution is -0.113. The fourth-order valence-electron chi connectivity index (χ4n) is 2.59. The van der Waals surface area contributed by atoms with E-state index in [-0.39, 0.29) is 11.7 Å². The third-order valence-electron chi connectivity index (χ3n) is 3.96. The first kappa shape index (κ1) is 20.5. The number of rotatable bonds is 9. The molecule has 0 aliphatic carbocycles. The van der Waals surface area contributed by atoms with Gasteiger partial charge in [0.25, 0.3) is 5.22 Å². The number of thioether (sulfide) groups is 1. The van der Waals surface area contributed by atoms with Gasteiger partial charge in [-0.3, -0.25) is 4.79 Å². The van der Waals surface area contributed by atoms with E-state index in [1.54, 1.807) is 33.5 Å². The van der Waals surface area contributed by atoms with E-state index < -0.39 is 0 Å². The molecule has 152 valence electrons. The van der Waals surface area contributed by atoms with E-state index in [4.69, 9.17) is 18.6 Å². The minimum absolute atomic E-state index is 0.135. The van der Waals surface area contributed by atoms with Crippen molar-refractivity contribution in [1.82, 2.24) is 10.2 Å². The van der Waals surface area contributed by atoms with Crippen molar-refractivity contribution in [2.75, 3.05) is 32.4 Å². The van der Waals surface area contributed by atoms with Crippen molar-refractivity contribution in [3.05, 3.63) is 53.9 Å². The van der Waals surface area contributed by atoms with Gasteiger partial charge in [-0.1, -0.05) is 30.0 Å². The predicted molar refractivity (Wildman–Crippen MR) is 109 cm³/mol. The van der Waals surface area contributed by atoms with E-state index in [9.17, 15) is 4.79 Å². The molecule has 29 heavy (non-hydrogen) atoms. The van der Waals surface area contributed by atoms with Crippen molar-refractivity contribution in [3.8, 4) is 17.2 Å². The van der Waals surface area contributed by atoms with Gasteiger partial charge in [0.2, 0.25) is 11.8 Å². The van der Waals surface area contributed by atoms with E-state index in [0.29, 0.717) is 40.5 Å². The lowest BCUT2D eigenvalue weighted by atomic mass is 10.1. The van der Waals surface area contributed by atoms with Gasteiger partial charge < -0.3 is 23.9 Å².